The molecule has 0 aromatic heterocycles. The van der Waals surface area contributed by atoms with E-state index < -0.39 is 0 Å². The number of hydrogen-bond acceptors (Lipinski definition) is 4. The number of carbonyl (C=O) groups excluding carboxylic acids is 2. The predicted molar refractivity (Wildman–Crippen MR) is 121 cm³/mol. The van der Waals surface area contributed by atoms with Gasteiger partial charge in [0.15, 0.2) is 6.54 Å². The lowest BCUT2D eigenvalue weighted by Gasteiger charge is -2.34. The number of anilines is 2. The van der Waals surface area contributed by atoms with Gasteiger partial charge in [0.1, 0.15) is 0 Å². The number of benzene rings is 2. The first-order valence-electron chi connectivity index (χ1n) is 10.5. The van der Waals surface area contributed by atoms with E-state index in [-0.39, 0.29) is 11.8 Å². The van der Waals surface area contributed by atoms with E-state index in [9.17, 15) is 9.59 Å². The quantitative estimate of drug-likeness (QED) is 0.413. The van der Waals surface area contributed by atoms with Gasteiger partial charge in [0.25, 0.3) is 5.91 Å². The van der Waals surface area contributed by atoms with Crippen LogP contribution < -0.4 is 10.6 Å². The van der Waals surface area contributed by atoms with Crippen LogP contribution in [-0.2, 0) is 9.59 Å². The van der Waals surface area contributed by atoms with Gasteiger partial charge in [0.05, 0.1) is 31.0 Å². The first kappa shape index (κ1) is 23.2. The standard InChI is InChI=1S/C23H31N5O2/c1-5-22(29)24-18-9-13-20(14-10-18)26-27-21-15-11-19(12-16-21)25-23(30)17-28(6-2,7-3)8-4/h9-16H,5-8,17H2,1-4H3,(H-,24,25,26,27,29,30)/p+1. The van der Waals surface area contributed by atoms with E-state index in [1.807, 2.05) is 31.2 Å². The van der Waals surface area contributed by atoms with Gasteiger partial charge < -0.3 is 15.1 Å². The van der Waals surface area contributed by atoms with Gasteiger partial charge in [-0.05, 0) is 69.3 Å². The molecule has 2 aromatic carbocycles. The summed E-state index contributed by atoms with van der Waals surface area (Å²) in [6, 6.07) is 14.5. The van der Waals surface area contributed by atoms with Crippen molar-refractivity contribution in [2.45, 2.75) is 34.1 Å². The molecule has 0 aliphatic heterocycles. The monoisotopic (exact) mass is 410 g/mol. The van der Waals surface area contributed by atoms with Crippen molar-refractivity contribution in [3.05, 3.63) is 48.5 Å². The summed E-state index contributed by atoms with van der Waals surface area (Å²) in [5.74, 6) is -0.00884. The summed E-state index contributed by atoms with van der Waals surface area (Å²) in [6.45, 7) is 11.4. The molecule has 0 unspecified atom stereocenters. The second kappa shape index (κ2) is 11.2. The minimum Gasteiger partial charge on any atom is -0.326 e. The minimum absolute atomic E-state index is 0.0187. The smallest absolute Gasteiger partial charge is 0.279 e. The molecule has 0 bridgehead atoms. The second-order valence-corrected chi connectivity index (χ2v) is 7.19. The van der Waals surface area contributed by atoms with Gasteiger partial charge in [0, 0.05) is 17.8 Å². The zero-order valence-electron chi connectivity index (χ0n) is 18.3. The maximum atomic E-state index is 12.4. The summed E-state index contributed by atoms with van der Waals surface area (Å²) in [6.07, 6.45) is 0.438. The summed E-state index contributed by atoms with van der Waals surface area (Å²) in [5.41, 5.74) is 2.86. The van der Waals surface area contributed by atoms with E-state index >= 15 is 0 Å². The van der Waals surface area contributed by atoms with Crippen molar-refractivity contribution in [2.75, 3.05) is 36.8 Å². The van der Waals surface area contributed by atoms with E-state index in [4.69, 9.17) is 0 Å². The summed E-state index contributed by atoms with van der Waals surface area (Å²) >= 11 is 0. The minimum atomic E-state index is -0.0275. The van der Waals surface area contributed by atoms with Gasteiger partial charge in [0.2, 0.25) is 5.91 Å². The van der Waals surface area contributed by atoms with Crippen molar-refractivity contribution in [2.24, 2.45) is 10.2 Å². The molecule has 0 heterocycles. The zero-order chi connectivity index (χ0) is 22.0. The molecule has 0 spiro atoms. The molecule has 0 saturated carbocycles. The van der Waals surface area contributed by atoms with Crippen molar-refractivity contribution in [1.29, 1.82) is 0 Å². The maximum Gasteiger partial charge on any atom is 0.279 e. The van der Waals surface area contributed by atoms with Gasteiger partial charge in [-0.3, -0.25) is 9.59 Å². The number of quaternary nitrogens is 1. The SMILES string of the molecule is CCC(=O)Nc1ccc(/N=N/c2ccc(NC(=O)C[N+](CC)(CC)CC)cc2)cc1. The van der Waals surface area contributed by atoms with Gasteiger partial charge >= 0.3 is 0 Å². The van der Waals surface area contributed by atoms with Crippen molar-refractivity contribution in [3.8, 4) is 0 Å². The average Bonchev–Trinajstić information content (AvgIpc) is 2.78. The number of hydrogen-bond donors (Lipinski definition) is 2. The van der Waals surface area contributed by atoms with Crippen molar-refractivity contribution < 1.29 is 14.1 Å². The third-order valence-corrected chi connectivity index (χ3v) is 5.40. The number of amides is 2. The maximum absolute atomic E-state index is 12.4. The van der Waals surface area contributed by atoms with Crippen LogP contribution in [0.5, 0.6) is 0 Å². The van der Waals surface area contributed by atoms with Crippen LogP contribution in [0.25, 0.3) is 0 Å². The third-order valence-electron chi connectivity index (χ3n) is 5.40. The third kappa shape index (κ3) is 6.77. The average molecular weight is 411 g/mol. The van der Waals surface area contributed by atoms with Crippen molar-refractivity contribution >= 4 is 34.6 Å². The molecule has 7 nitrogen and oxygen atoms in total. The molecule has 0 aliphatic rings. The Hall–Kier alpha value is -3.06. The Kier molecular flexibility index (Phi) is 8.68. The number of azo groups is 1. The first-order chi connectivity index (χ1) is 14.4. The van der Waals surface area contributed by atoms with Gasteiger partial charge in [-0.15, -0.1) is 0 Å². The molecule has 2 N–H and O–H groups in total. The van der Waals surface area contributed by atoms with Crippen LogP contribution in [-0.4, -0.2) is 42.5 Å². The van der Waals surface area contributed by atoms with Crippen molar-refractivity contribution in [1.82, 2.24) is 0 Å². The Balaban J connectivity index is 1.94. The molecule has 0 fully saturated rings. The van der Waals surface area contributed by atoms with Gasteiger partial charge in [-0.25, -0.2) is 0 Å². The van der Waals surface area contributed by atoms with Crippen LogP contribution >= 0.6 is 0 Å². The number of nitrogens with one attached hydrogen (secondary N) is 2. The van der Waals surface area contributed by atoms with Crippen LogP contribution in [0.3, 0.4) is 0 Å². The molecule has 0 radical (unpaired) electrons. The van der Waals surface area contributed by atoms with Crippen LogP contribution in [0.2, 0.25) is 0 Å². The largest absolute Gasteiger partial charge is 0.326 e. The highest BCUT2D eigenvalue weighted by atomic mass is 16.2. The molecule has 30 heavy (non-hydrogen) atoms. The number of nitrogens with zero attached hydrogens (tertiary/aromatic N) is 3. The van der Waals surface area contributed by atoms with E-state index in [0.717, 1.165) is 35.5 Å². The molecule has 2 rings (SSSR count). The highest BCUT2D eigenvalue weighted by Crippen LogP contribution is 2.22. The normalized spacial score (nSPS) is 11.5. The second-order valence-electron chi connectivity index (χ2n) is 7.19. The van der Waals surface area contributed by atoms with Crippen LogP contribution in [0.1, 0.15) is 34.1 Å². The molecule has 160 valence electrons. The Bertz CT molecular complexity index is 848. The number of carbonyl (C=O) groups is 2. The molecule has 0 aliphatic carbocycles. The van der Waals surface area contributed by atoms with Gasteiger partial charge in [-0.1, -0.05) is 6.92 Å². The molecule has 0 saturated heterocycles. The fourth-order valence-electron chi connectivity index (χ4n) is 3.10. The lowest BCUT2D eigenvalue weighted by Crippen LogP contribution is -2.51. The molecule has 2 amide bonds. The van der Waals surface area contributed by atoms with Crippen LogP contribution in [0.4, 0.5) is 22.7 Å². The summed E-state index contributed by atoms with van der Waals surface area (Å²) in [7, 11) is 0. The van der Waals surface area contributed by atoms with E-state index in [1.54, 1.807) is 24.3 Å². The lowest BCUT2D eigenvalue weighted by molar-refractivity contribution is -0.915. The highest BCUT2D eigenvalue weighted by molar-refractivity contribution is 5.92. The van der Waals surface area contributed by atoms with Crippen LogP contribution in [0.15, 0.2) is 58.8 Å². The summed E-state index contributed by atoms with van der Waals surface area (Å²) in [5, 5.41) is 14.2. The van der Waals surface area contributed by atoms with Crippen molar-refractivity contribution in [3.63, 3.8) is 0 Å². The van der Waals surface area contributed by atoms with E-state index in [1.165, 1.54) is 0 Å². The zero-order valence-corrected chi connectivity index (χ0v) is 18.3. The molecule has 0 atom stereocenters. The van der Waals surface area contributed by atoms with E-state index in [0.29, 0.717) is 24.3 Å². The molecular formula is C23H32N5O2+. The Morgan fingerprint density at radius 2 is 1.10 bits per heavy atom. The van der Waals surface area contributed by atoms with E-state index in [2.05, 4.69) is 41.6 Å². The molecule has 7 heteroatoms. The fourth-order valence-corrected chi connectivity index (χ4v) is 3.10. The number of likely N-dealkylation sites (N-methyl/N-ethyl adjacent to an activating group) is 1. The Labute approximate surface area is 178 Å². The Morgan fingerprint density at radius 1 is 0.700 bits per heavy atom. The Morgan fingerprint density at radius 3 is 1.47 bits per heavy atom. The molecular weight excluding hydrogens is 378 g/mol. The molecule has 2 aromatic rings. The fraction of sp³-hybridized carbons (Fsp3) is 0.391. The summed E-state index contributed by atoms with van der Waals surface area (Å²) < 4.78 is 0.777. The summed E-state index contributed by atoms with van der Waals surface area (Å²) in [4.78, 5) is 23.8. The lowest BCUT2D eigenvalue weighted by atomic mass is 10.2. The first-order valence-corrected chi connectivity index (χ1v) is 10.5. The van der Waals surface area contributed by atoms with Gasteiger partial charge in [-0.2, -0.15) is 10.2 Å². The highest BCUT2D eigenvalue weighted by Gasteiger charge is 2.24. The predicted octanol–water partition coefficient (Wildman–Crippen LogP) is 5.27. The topological polar surface area (TPSA) is 82.9 Å². The van der Waals surface area contributed by atoms with Crippen LogP contribution in [0, 0.1) is 0 Å². The number of rotatable bonds is 10.